The Hall–Kier alpha value is -2.60. The average Bonchev–Trinajstić information content (AvgIpc) is 3.16. The van der Waals surface area contributed by atoms with Crippen LogP contribution in [0.5, 0.6) is 0 Å². The molecule has 0 spiro atoms. The van der Waals surface area contributed by atoms with Crippen molar-refractivity contribution in [3.05, 3.63) is 53.8 Å². The second kappa shape index (κ2) is 8.15. The highest BCUT2D eigenvalue weighted by molar-refractivity contribution is 7.98. The maximum atomic E-state index is 13.8. The van der Waals surface area contributed by atoms with Crippen LogP contribution in [0.25, 0.3) is 22.1 Å². The van der Waals surface area contributed by atoms with Crippen molar-refractivity contribution in [2.24, 2.45) is 0 Å². The lowest BCUT2D eigenvalue weighted by atomic mass is 10.2. The molecule has 1 saturated heterocycles. The van der Waals surface area contributed by atoms with Gasteiger partial charge in [0.2, 0.25) is 15.2 Å². The second-order valence-electron chi connectivity index (χ2n) is 7.02. The average molecular weight is 460 g/mol. The Morgan fingerprint density at radius 3 is 2.74 bits per heavy atom. The number of morpholine rings is 1. The smallest absolute Gasteiger partial charge is 0.243 e. The molecule has 11 heteroatoms. The monoisotopic (exact) mass is 459 g/mol. The number of rotatable bonds is 5. The first-order valence-electron chi connectivity index (χ1n) is 9.62. The van der Waals surface area contributed by atoms with Gasteiger partial charge in [-0.05, 0) is 29.8 Å². The number of thioether (sulfide) groups is 1. The summed E-state index contributed by atoms with van der Waals surface area (Å²) in [4.78, 5) is 7.83. The third kappa shape index (κ3) is 3.89. The van der Waals surface area contributed by atoms with Gasteiger partial charge in [-0.15, -0.1) is 10.2 Å². The molecule has 8 nitrogen and oxygen atoms in total. The number of nitrogens with zero attached hydrogens (tertiary/aromatic N) is 4. The van der Waals surface area contributed by atoms with Crippen LogP contribution in [0.4, 0.5) is 4.39 Å². The Morgan fingerprint density at radius 1 is 1.13 bits per heavy atom. The Labute approximate surface area is 181 Å². The highest BCUT2D eigenvalue weighted by Crippen LogP contribution is 2.28. The van der Waals surface area contributed by atoms with Crippen LogP contribution in [0.2, 0.25) is 0 Å². The van der Waals surface area contributed by atoms with Gasteiger partial charge >= 0.3 is 0 Å². The number of aromatic nitrogens is 4. The molecule has 1 aliphatic heterocycles. The van der Waals surface area contributed by atoms with Crippen LogP contribution in [-0.4, -0.2) is 59.2 Å². The molecule has 4 aromatic rings. The second-order valence-corrected chi connectivity index (χ2v) is 9.90. The van der Waals surface area contributed by atoms with Gasteiger partial charge in [0.15, 0.2) is 5.65 Å². The fraction of sp³-hybridized carbons (Fsp3) is 0.250. The van der Waals surface area contributed by atoms with E-state index in [0.29, 0.717) is 64.8 Å². The minimum Gasteiger partial charge on any atom is -0.379 e. The molecule has 0 bridgehead atoms. The first-order chi connectivity index (χ1) is 15.0. The molecule has 0 atom stereocenters. The Balaban J connectivity index is 1.45. The lowest BCUT2D eigenvalue weighted by molar-refractivity contribution is 0.0730. The summed E-state index contributed by atoms with van der Waals surface area (Å²) in [5.74, 6) is 0.103. The summed E-state index contributed by atoms with van der Waals surface area (Å²) in [6.07, 6.45) is 0. The van der Waals surface area contributed by atoms with E-state index >= 15 is 0 Å². The molecule has 2 aromatic carbocycles. The molecule has 0 aliphatic carbocycles. The van der Waals surface area contributed by atoms with E-state index in [-0.39, 0.29) is 10.7 Å². The molecule has 3 heterocycles. The molecule has 2 aromatic heterocycles. The number of halogens is 1. The van der Waals surface area contributed by atoms with Crippen LogP contribution < -0.4 is 0 Å². The SMILES string of the molecule is O=S(=O)(c1ccc2[nH]c3nc(SCc4ccccc4F)nnc3c2c1)N1CCOCC1. The first kappa shape index (κ1) is 20.3. The molecule has 1 N–H and O–H groups in total. The van der Waals surface area contributed by atoms with E-state index in [1.165, 1.54) is 22.1 Å². The first-order valence-corrected chi connectivity index (χ1v) is 12.1. The lowest BCUT2D eigenvalue weighted by Crippen LogP contribution is -2.40. The lowest BCUT2D eigenvalue weighted by Gasteiger charge is -2.26. The highest BCUT2D eigenvalue weighted by Gasteiger charge is 2.27. The van der Waals surface area contributed by atoms with Gasteiger partial charge in [-0.25, -0.2) is 17.8 Å². The van der Waals surface area contributed by atoms with E-state index in [2.05, 4.69) is 20.2 Å². The van der Waals surface area contributed by atoms with Gasteiger partial charge in [-0.2, -0.15) is 4.31 Å². The van der Waals surface area contributed by atoms with Crippen LogP contribution in [0, 0.1) is 5.82 Å². The minimum atomic E-state index is -3.62. The van der Waals surface area contributed by atoms with Gasteiger partial charge in [0.1, 0.15) is 11.3 Å². The van der Waals surface area contributed by atoms with Gasteiger partial charge in [0.25, 0.3) is 0 Å². The molecule has 160 valence electrons. The van der Waals surface area contributed by atoms with E-state index < -0.39 is 10.0 Å². The predicted octanol–water partition coefficient (Wildman–Crippen LogP) is 2.96. The summed E-state index contributed by atoms with van der Waals surface area (Å²) in [6, 6.07) is 11.4. The van der Waals surface area contributed by atoms with Crippen molar-refractivity contribution < 1.29 is 17.5 Å². The molecule has 5 rings (SSSR count). The van der Waals surface area contributed by atoms with E-state index in [4.69, 9.17) is 4.74 Å². The Morgan fingerprint density at radius 2 is 1.94 bits per heavy atom. The summed E-state index contributed by atoms with van der Waals surface area (Å²) >= 11 is 1.28. The molecular formula is C20H18FN5O3S2. The number of aromatic amines is 1. The molecule has 0 amide bonds. The normalized spacial score (nSPS) is 15.6. The summed E-state index contributed by atoms with van der Waals surface area (Å²) in [5.41, 5.74) is 2.27. The van der Waals surface area contributed by atoms with Crippen LogP contribution in [0.15, 0.2) is 52.5 Å². The predicted molar refractivity (Wildman–Crippen MR) is 115 cm³/mol. The summed E-state index contributed by atoms with van der Waals surface area (Å²) in [6.45, 7) is 1.44. The quantitative estimate of drug-likeness (QED) is 0.458. The largest absolute Gasteiger partial charge is 0.379 e. The minimum absolute atomic E-state index is 0.197. The number of H-pyrrole nitrogens is 1. The van der Waals surface area contributed by atoms with Gasteiger partial charge in [-0.3, -0.25) is 0 Å². The molecule has 1 fully saturated rings. The van der Waals surface area contributed by atoms with Crippen molar-refractivity contribution in [2.45, 2.75) is 15.8 Å². The van der Waals surface area contributed by atoms with Crippen molar-refractivity contribution in [1.29, 1.82) is 0 Å². The van der Waals surface area contributed by atoms with E-state index in [0.717, 1.165) is 0 Å². The van der Waals surface area contributed by atoms with E-state index in [1.54, 1.807) is 36.4 Å². The zero-order valence-electron chi connectivity index (χ0n) is 16.3. The van der Waals surface area contributed by atoms with Crippen LogP contribution in [0.3, 0.4) is 0 Å². The molecule has 0 unspecified atom stereocenters. The van der Waals surface area contributed by atoms with Crippen molar-refractivity contribution in [3.8, 4) is 0 Å². The van der Waals surface area contributed by atoms with Crippen LogP contribution in [-0.2, 0) is 20.5 Å². The summed E-state index contributed by atoms with van der Waals surface area (Å²) in [7, 11) is -3.62. The number of nitrogens with one attached hydrogen (secondary N) is 1. The molecule has 0 saturated carbocycles. The maximum Gasteiger partial charge on any atom is 0.243 e. The van der Waals surface area contributed by atoms with Gasteiger partial charge in [-0.1, -0.05) is 30.0 Å². The van der Waals surface area contributed by atoms with Crippen molar-refractivity contribution in [1.82, 2.24) is 24.5 Å². The number of ether oxygens (including phenoxy) is 1. The van der Waals surface area contributed by atoms with Crippen molar-refractivity contribution in [3.63, 3.8) is 0 Å². The van der Waals surface area contributed by atoms with E-state index in [1.807, 2.05) is 0 Å². The van der Waals surface area contributed by atoms with Crippen LogP contribution in [0.1, 0.15) is 5.56 Å². The summed E-state index contributed by atoms with van der Waals surface area (Å²) < 4.78 is 46.4. The fourth-order valence-electron chi connectivity index (χ4n) is 3.45. The van der Waals surface area contributed by atoms with Crippen molar-refractivity contribution in [2.75, 3.05) is 26.3 Å². The van der Waals surface area contributed by atoms with Gasteiger partial charge in [0.05, 0.1) is 18.1 Å². The maximum absolute atomic E-state index is 13.8. The van der Waals surface area contributed by atoms with Gasteiger partial charge < -0.3 is 9.72 Å². The standard InChI is InChI=1S/C20H18FN5O3S2/c21-16-4-2-1-3-13(16)12-30-20-23-19-18(24-25-20)15-11-14(5-6-17(15)22-19)31(27,28)26-7-9-29-10-8-26/h1-6,11H,7-10,12H2,(H,22,23,25). The Bertz CT molecular complexity index is 1370. The molecule has 31 heavy (non-hydrogen) atoms. The van der Waals surface area contributed by atoms with Gasteiger partial charge in [0, 0.05) is 29.7 Å². The third-order valence-corrected chi connectivity index (χ3v) is 7.87. The number of sulfonamides is 1. The number of hydrogen-bond donors (Lipinski definition) is 1. The van der Waals surface area contributed by atoms with Crippen LogP contribution >= 0.6 is 11.8 Å². The molecule has 0 radical (unpaired) electrons. The molecular weight excluding hydrogens is 441 g/mol. The van der Waals surface area contributed by atoms with E-state index in [9.17, 15) is 12.8 Å². The zero-order valence-corrected chi connectivity index (χ0v) is 17.9. The Kier molecular flexibility index (Phi) is 5.34. The summed E-state index contributed by atoms with van der Waals surface area (Å²) in [5, 5.41) is 9.43. The highest BCUT2D eigenvalue weighted by atomic mass is 32.2. The fourth-order valence-corrected chi connectivity index (χ4v) is 5.66. The molecule has 1 aliphatic rings. The zero-order chi connectivity index (χ0) is 21.4. The van der Waals surface area contributed by atoms with Crippen molar-refractivity contribution >= 4 is 43.9 Å². The number of fused-ring (bicyclic) bond motifs is 3. The number of benzene rings is 2. The number of hydrogen-bond acceptors (Lipinski definition) is 7. The third-order valence-electron chi connectivity index (χ3n) is 5.09. The topological polar surface area (TPSA) is 101 Å².